The molecule has 0 radical (unpaired) electrons. The van der Waals surface area contributed by atoms with Gasteiger partial charge in [0.25, 0.3) is 0 Å². The highest BCUT2D eigenvalue weighted by Crippen LogP contribution is 2.38. The van der Waals surface area contributed by atoms with E-state index in [4.69, 9.17) is 18.9 Å². The van der Waals surface area contributed by atoms with Crippen molar-refractivity contribution in [2.75, 3.05) is 0 Å². The van der Waals surface area contributed by atoms with Crippen molar-refractivity contribution in [2.45, 2.75) is 20.0 Å². The van der Waals surface area contributed by atoms with E-state index in [2.05, 4.69) is 13.2 Å². The van der Waals surface area contributed by atoms with Crippen LogP contribution in [0.25, 0.3) is 0 Å². The van der Waals surface area contributed by atoms with Gasteiger partial charge in [0.2, 0.25) is 0 Å². The maximum absolute atomic E-state index is 13.4. The number of esters is 3. The van der Waals surface area contributed by atoms with Crippen molar-refractivity contribution >= 4 is 17.9 Å². The molecule has 0 aromatic heterocycles. The van der Waals surface area contributed by atoms with Gasteiger partial charge in [0.05, 0.1) is 5.56 Å². The number of carbonyl (C=O) groups excluding carboxylic acids is 3. The Morgan fingerprint density at radius 2 is 1.41 bits per heavy atom. The monoisotopic (exact) mass is 476 g/mol. The molecule has 0 aliphatic heterocycles. The molecule has 0 unspecified atom stereocenters. The highest BCUT2D eigenvalue weighted by molar-refractivity contribution is 5.91. The Morgan fingerprint density at radius 1 is 0.824 bits per heavy atom. The van der Waals surface area contributed by atoms with E-state index < -0.39 is 41.1 Å². The fraction of sp³-hybridized carbons (Fsp3) is 0.125. The molecule has 178 valence electrons. The highest BCUT2D eigenvalue weighted by atomic mass is 19.4. The second-order valence-corrected chi connectivity index (χ2v) is 6.82. The summed E-state index contributed by atoms with van der Waals surface area (Å²) in [5.74, 6) is -3.46. The quantitative estimate of drug-likeness (QED) is 0.219. The van der Waals surface area contributed by atoms with E-state index in [-0.39, 0.29) is 22.5 Å². The summed E-state index contributed by atoms with van der Waals surface area (Å²) < 4.78 is 59.8. The number of halogens is 3. The Kier molecular flexibility index (Phi) is 8.38. The number of rotatable bonds is 8. The Labute approximate surface area is 192 Å². The van der Waals surface area contributed by atoms with E-state index in [9.17, 15) is 27.6 Å². The number of alkyl halides is 3. The second kappa shape index (κ2) is 11.0. The lowest BCUT2D eigenvalue weighted by atomic mass is 10.1. The lowest BCUT2D eigenvalue weighted by Gasteiger charge is -2.14. The zero-order valence-corrected chi connectivity index (χ0v) is 18.1. The summed E-state index contributed by atoms with van der Waals surface area (Å²) in [6.45, 7) is 9.49. The Hall–Kier alpha value is -4.34. The van der Waals surface area contributed by atoms with Crippen molar-refractivity contribution in [3.05, 3.63) is 90.4 Å². The zero-order valence-electron chi connectivity index (χ0n) is 18.1. The molecule has 0 bridgehead atoms. The van der Waals surface area contributed by atoms with Crippen LogP contribution in [-0.2, 0) is 20.5 Å². The van der Waals surface area contributed by atoms with Crippen LogP contribution in [0.5, 0.6) is 17.2 Å². The first kappa shape index (κ1) is 25.9. The van der Waals surface area contributed by atoms with Crippen molar-refractivity contribution in [2.24, 2.45) is 0 Å². The van der Waals surface area contributed by atoms with Crippen molar-refractivity contribution in [3.63, 3.8) is 0 Å². The van der Waals surface area contributed by atoms with Gasteiger partial charge in [-0.25, -0.2) is 14.4 Å². The van der Waals surface area contributed by atoms with E-state index >= 15 is 0 Å². The molecule has 0 amide bonds. The molecule has 7 nitrogen and oxygen atoms in total. The van der Waals surface area contributed by atoms with Crippen LogP contribution in [0.2, 0.25) is 0 Å². The van der Waals surface area contributed by atoms with Gasteiger partial charge in [-0.2, -0.15) is 13.2 Å². The maximum atomic E-state index is 13.4. The molecular weight excluding hydrogens is 457 g/mol. The number of hydrogen-bond donors (Lipinski definition) is 0. The molecule has 0 fully saturated rings. The van der Waals surface area contributed by atoms with Crippen LogP contribution in [-0.4, -0.2) is 17.9 Å². The van der Waals surface area contributed by atoms with Crippen LogP contribution in [0.1, 0.15) is 29.8 Å². The third kappa shape index (κ3) is 7.37. The van der Waals surface area contributed by atoms with E-state index in [1.165, 1.54) is 38.1 Å². The summed E-state index contributed by atoms with van der Waals surface area (Å²) >= 11 is 0. The number of hydrogen-bond acceptors (Lipinski definition) is 7. The number of carbonyl (C=O) groups is 3. The summed E-state index contributed by atoms with van der Waals surface area (Å²) in [6.07, 6.45) is -2.78. The van der Waals surface area contributed by atoms with Crippen LogP contribution in [0.15, 0.2) is 79.3 Å². The minimum atomic E-state index is -4.88. The van der Waals surface area contributed by atoms with Gasteiger partial charge in [-0.1, -0.05) is 13.2 Å². The molecule has 0 heterocycles. The lowest BCUT2D eigenvalue weighted by Crippen LogP contribution is -2.15. The van der Waals surface area contributed by atoms with Gasteiger partial charge in [-0.05, 0) is 56.3 Å². The molecule has 0 atom stereocenters. The molecule has 0 spiro atoms. The molecule has 2 aromatic rings. The molecule has 34 heavy (non-hydrogen) atoms. The van der Waals surface area contributed by atoms with Gasteiger partial charge in [0, 0.05) is 11.1 Å². The fourth-order valence-electron chi connectivity index (χ4n) is 2.20. The number of benzene rings is 2. The van der Waals surface area contributed by atoms with Crippen LogP contribution >= 0.6 is 0 Å². The van der Waals surface area contributed by atoms with Gasteiger partial charge < -0.3 is 18.9 Å². The van der Waals surface area contributed by atoms with E-state index in [0.717, 1.165) is 24.7 Å². The minimum absolute atomic E-state index is 0.0244. The molecule has 0 N–H and O–H groups in total. The predicted molar refractivity (Wildman–Crippen MR) is 114 cm³/mol. The summed E-state index contributed by atoms with van der Waals surface area (Å²) in [7, 11) is 0. The first-order valence-electron chi connectivity index (χ1n) is 9.48. The first-order valence-corrected chi connectivity index (χ1v) is 9.48. The predicted octanol–water partition coefficient (Wildman–Crippen LogP) is 5.38. The van der Waals surface area contributed by atoms with Gasteiger partial charge in [0.15, 0.2) is 0 Å². The second-order valence-electron chi connectivity index (χ2n) is 6.82. The Bertz CT molecular complexity index is 1150. The normalized spacial score (nSPS) is 11.0. The summed E-state index contributed by atoms with van der Waals surface area (Å²) in [5.41, 5.74) is -1.15. The summed E-state index contributed by atoms with van der Waals surface area (Å²) in [6, 6.07) is 7.90. The van der Waals surface area contributed by atoms with Crippen molar-refractivity contribution in [1.29, 1.82) is 0 Å². The molecule has 2 rings (SSSR count). The molecule has 0 aliphatic rings. The third-order valence-electron chi connectivity index (χ3n) is 3.89. The molecule has 0 saturated carbocycles. The van der Waals surface area contributed by atoms with Crippen molar-refractivity contribution in [1.82, 2.24) is 0 Å². The lowest BCUT2D eigenvalue weighted by molar-refractivity contribution is -0.141. The van der Waals surface area contributed by atoms with Crippen LogP contribution < -0.4 is 14.2 Å². The van der Waals surface area contributed by atoms with Crippen LogP contribution in [0, 0.1) is 0 Å². The third-order valence-corrected chi connectivity index (χ3v) is 3.89. The van der Waals surface area contributed by atoms with E-state index in [1.54, 1.807) is 0 Å². The zero-order chi connectivity index (χ0) is 25.5. The maximum Gasteiger partial charge on any atom is 0.420 e. The van der Waals surface area contributed by atoms with E-state index in [0.29, 0.717) is 6.07 Å². The first-order chi connectivity index (χ1) is 15.9. The van der Waals surface area contributed by atoms with Crippen molar-refractivity contribution < 1.29 is 46.5 Å². The van der Waals surface area contributed by atoms with Gasteiger partial charge in [0.1, 0.15) is 35.3 Å². The molecule has 0 saturated heterocycles. The largest absolute Gasteiger partial charge is 0.462 e. The molecular formula is C24H19F3O7. The molecule has 2 aromatic carbocycles. The van der Waals surface area contributed by atoms with E-state index in [1.807, 2.05) is 0 Å². The van der Waals surface area contributed by atoms with Gasteiger partial charge >= 0.3 is 24.1 Å². The standard InChI is InChI=1S/C24H19F3O7/c1-14(2)21(28)32-12-11-31-17-7-5-16(6-8-17)23(30)33-18-9-10-20(34-22(29)15(3)4)19(13-18)24(25,26)27/h5-13H,1,3H2,2,4H3. The van der Waals surface area contributed by atoms with Gasteiger partial charge in [-0.3, -0.25) is 0 Å². The van der Waals surface area contributed by atoms with Crippen LogP contribution in [0.3, 0.4) is 0 Å². The smallest absolute Gasteiger partial charge is 0.420 e. The molecule has 10 heteroatoms. The molecule has 0 aliphatic carbocycles. The Morgan fingerprint density at radius 3 is 1.97 bits per heavy atom. The summed E-state index contributed by atoms with van der Waals surface area (Å²) in [5, 5.41) is 0. The van der Waals surface area contributed by atoms with Crippen molar-refractivity contribution in [3.8, 4) is 17.2 Å². The Balaban J connectivity index is 2.09. The summed E-state index contributed by atoms with van der Waals surface area (Å²) in [4.78, 5) is 35.1. The van der Waals surface area contributed by atoms with Gasteiger partial charge in [-0.15, -0.1) is 0 Å². The topological polar surface area (TPSA) is 88.1 Å². The minimum Gasteiger partial charge on any atom is -0.462 e. The fourth-order valence-corrected chi connectivity index (χ4v) is 2.20. The average Bonchev–Trinajstić information content (AvgIpc) is 2.77. The average molecular weight is 476 g/mol. The highest BCUT2D eigenvalue weighted by Gasteiger charge is 2.36. The SMILES string of the molecule is C=C(C)C(=O)OC=COc1ccc(C(=O)Oc2ccc(OC(=O)C(=C)C)c(C(F)(F)F)c2)cc1. The van der Waals surface area contributed by atoms with Crippen LogP contribution in [0.4, 0.5) is 13.2 Å². The number of ether oxygens (including phenoxy) is 4.